The summed E-state index contributed by atoms with van der Waals surface area (Å²) in [5.41, 5.74) is 1.91. The Bertz CT molecular complexity index is 459. The molecule has 1 aliphatic rings. The molecular weight excluding hydrogens is 340 g/mol. The molecule has 112 valence electrons. The van der Waals surface area contributed by atoms with Crippen LogP contribution in [0.3, 0.4) is 0 Å². The van der Waals surface area contributed by atoms with E-state index in [2.05, 4.69) is 21.2 Å². The zero-order valence-electron chi connectivity index (χ0n) is 12.0. The van der Waals surface area contributed by atoms with Gasteiger partial charge in [-0.05, 0) is 63.0 Å². The van der Waals surface area contributed by atoms with Gasteiger partial charge in [0.25, 0.3) is 5.91 Å². The third-order valence-electron chi connectivity index (χ3n) is 3.80. The molecule has 0 atom stereocenters. The molecule has 1 fully saturated rings. The maximum absolute atomic E-state index is 12.4. The van der Waals surface area contributed by atoms with Crippen molar-refractivity contribution in [3.63, 3.8) is 0 Å². The minimum absolute atomic E-state index is 0. The number of likely N-dealkylation sites (tertiary alicyclic amines) is 1. The maximum atomic E-state index is 12.4. The van der Waals surface area contributed by atoms with E-state index in [1.54, 1.807) is 0 Å². The molecule has 0 bridgehead atoms. The molecule has 0 unspecified atom stereocenters. The van der Waals surface area contributed by atoms with E-state index in [4.69, 9.17) is 0 Å². The summed E-state index contributed by atoms with van der Waals surface area (Å²) in [6.07, 6.45) is 2.20. The maximum Gasteiger partial charge on any atom is 0.253 e. The number of aryl methyl sites for hydroxylation is 1. The first-order valence-corrected chi connectivity index (χ1v) is 7.61. The van der Waals surface area contributed by atoms with Gasteiger partial charge in [0.2, 0.25) is 0 Å². The molecule has 1 N–H and O–H groups in total. The van der Waals surface area contributed by atoms with Crippen LogP contribution in [0.2, 0.25) is 0 Å². The first kappa shape index (κ1) is 17.5. The third-order valence-corrected chi connectivity index (χ3v) is 4.69. The van der Waals surface area contributed by atoms with Crippen molar-refractivity contribution in [3.05, 3.63) is 33.8 Å². The summed E-state index contributed by atoms with van der Waals surface area (Å²) in [6.45, 7) is 4.82. The van der Waals surface area contributed by atoms with Crippen molar-refractivity contribution in [2.45, 2.75) is 19.8 Å². The Labute approximate surface area is 135 Å². The summed E-state index contributed by atoms with van der Waals surface area (Å²) in [5.74, 6) is 0.874. The van der Waals surface area contributed by atoms with Gasteiger partial charge in [0.05, 0.1) is 0 Å². The van der Waals surface area contributed by atoms with Crippen LogP contribution in [0, 0.1) is 12.8 Å². The lowest BCUT2D eigenvalue weighted by Crippen LogP contribution is -2.40. The summed E-state index contributed by atoms with van der Waals surface area (Å²) in [5, 5.41) is 3.22. The van der Waals surface area contributed by atoms with E-state index < -0.39 is 0 Å². The smallest absolute Gasteiger partial charge is 0.253 e. The van der Waals surface area contributed by atoms with E-state index in [9.17, 15) is 4.79 Å². The molecule has 0 radical (unpaired) electrons. The Kier molecular flexibility index (Phi) is 7.00. The third kappa shape index (κ3) is 4.21. The molecule has 2 rings (SSSR count). The van der Waals surface area contributed by atoms with Gasteiger partial charge in [-0.2, -0.15) is 0 Å². The zero-order chi connectivity index (χ0) is 13.8. The number of carbonyl (C=O) groups is 1. The molecule has 1 aromatic carbocycles. The van der Waals surface area contributed by atoms with Gasteiger partial charge in [0.15, 0.2) is 0 Å². The van der Waals surface area contributed by atoms with Gasteiger partial charge in [-0.3, -0.25) is 4.79 Å². The SMILES string of the molecule is CNCC1CCN(C(=O)c2ccc(Br)c(C)c2)CC1.Cl. The van der Waals surface area contributed by atoms with Gasteiger partial charge in [-0.25, -0.2) is 0 Å². The van der Waals surface area contributed by atoms with E-state index in [1.165, 1.54) is 0 Å². The van der Waals surface area contributed by atoms with Gasteiger partial charge in [0.1, 0.15) is 0 Å². The number of benzene rings is 1. The molecule has 3 nitrogen and oxygen atoms in total. The minimum Gasteiger partial charge on any atom is -0.339 e. The second-order valence-electron chi connectivity index (χ2n) is 5.26. The lowest BCUT2D eigenvalue weighted by molar-refractivity contribution is 0.0691. The largest absolute Gasteiger partial charge is 0.339 e. The fraction of sp³-hybridized carbons (Fsp3) is 0.533. The van der Waals surface area contributed by atoms with Gasteiger partial charge in [-0.1, -0.05) is 15.9 Å². The molecule has 0 spiro atoms. The van der Waals surface area contributed by atoms with Gasteiger partial charge >= 0.3 is 0 Å². The van der Waals surface area contributed by atoms with E-state index in [0.29, 0.717) is 5.92 Å². The highest BCUT2D eigenvalue weighted by Gasteiger charge is 2.23. The van der Waals surface area contributed by atoms with Crippen molar-refractivity contribution < 1.29 is 4.79 Å². The average molecular weight is 362 g/mol. The van der Waals surface area contributed by atoms with Crippen LogP contribution in [0.25, 0.3) is 0 Å². The molecule has 0 aliphatic carbocycles. The number of hydrogen-bond donors (Lipinski definition) is 1. The van der Waals surface area contributed by atoms with Crippen LogP contribution in [0.15, 0.2) is 22.7 Å². The van der Waals surface area contributed by atoms with E-state index in [0.717, 1.165) is 48.1 Å². The van der Waals surface area contributed by atoms with Crippen molar-refractivity contribution in [2.24, 2.45) is 5.92 Å². The number of amides is 1. The van der Waals surface area contributed by atoms with Crippen LogP contribution in [0.1, 0.15) is 28.8 Å². The highest BCUT2D eigenvalue weighted by molar-refractivity contribution is 9.10. The predicted molar refractivity (Wildman–Crippen MR) is 88.7 cm³/mol. The first-order chi connectivity index (χ1) is 9.11. The van der Waals surface area contributed by atoms with E-state index in [-0.39, 0.29) is 18.3 Å². The van der Waals surface area contributed by atoms with Crippen LogP contribution in [0.4, 0.5) is 0 Å². The fourth-order valence-electron chi connectivity index (χ4n) is 2.59. The Hall–Kier alpha value is -0.580. The normalized spacial score (nSPS) is 15.8. The summed E-state index contributed by atoms with van der Waals surface area (Å²) < 4.78 is 1.05. The molecule has 1 aromatic rings. The monoisotopic (exact) mass is 360 g/mol. The topological polar surface area (TPSA) is 32.3 Å². The average Bonchev–Trinajstić information content (AvgIpc) is 2.42. The quantitative estimate of drug-likeness (QED) is 0.896. The number of hydrogen-bond acceptors (Lipinski definition) is 2. The number of rotatable bonds is 3. The van der Waals surface area contributed by atoms with Crippen LogP contribution in [0.5, 0.6) is 0 Å². The molecule has 5 heteroatoms. The lowest BCUT2D eigenvalue weighted by Gasteiger charge is -2.32. The van der Waals surface area contributed by atoms with Crippen LogP contribution >= 0.6 is 28.3 Å². The standard InChI is InChI=1S/C15H21BrN2O.ClH/c1-11-9-13(3-4-14(11)16)15(19)18-7-5-12(6-8-18)10-17-2;/h3-4,9,12,17H,5-8,10H2,1-2H3;1H. The van der Waals surface area contributed by atoms with Crippen molar-refractivity contribution in [1.82, 2.24) is 10.2 Å². The summed E-state index contributed by atoms with van der Waals surface area (Å²) in [6, 6.07) is 5.82. The highest BCUT2D eigenvalue weighted by Crippen LogP contribution is 2.21. The number of nitrogens with one attached hydrogen (secondary N) is 1. The summed E-state index contributed by atoms with van der Waals surface area (Å²) >= 11 is 3.47. The number of piperidine rings is 1. The molecule has 1 heterocycles. The van der Waals surface area contributed by atoms with Gasteiger partial charge in [-0.15, -0.1) is 12.4 Å². The first-order valence-electron chi connectivity index (χ1n) is 6.82. The lowest BCUT2D eigenvalue weighted by atomic mass is 9.96. The van der Waals surface area contributed by atoms with E-state index in [1.807, 2.05) is 37.1 Å². The van der Waals surface area contributed by atoms with Gasteiger partial charge in [0, 0.05) is 23.1 Å². The van der Waals surface area contributed by atoms with Crippen molar-refractivity contribution >= 4 is 34.2 Å². The zero-order valence-corrected chi connectivity index (χ0v) is 14.4. The summed E-state index contributed by atoms with van der Waals surface area (Å²) in [4.78, 5) is 14.4. The van der Waals surface area contributed by atoms with Crippen molar-refractivity contribution in [2.75, 3.05) is 26.7 Å². The molecule has 20 heavy (non-hydrogen) atoms. The van der Waals surface area contributed by atoms with Crippen LogP contribution in [-0.2, 0) is 0 Å². The summed E-state index contributed by atoms with van der Waals surface area (Å²) in [7, 11) is 1.99. The van der Waals surface area contributed by atoms with Crippen molar-refractivity contribution in [3.8, 4) is 0 Å². The molecular formula is C15H22BrClN2O. The predicted octanol–water partition coefficient (Wildman–Crippen LogP) is 3.25. The molecule has 1 amide bonds. The molecule has 0 aromatic heterocycles. The number of nitrogens with zero attached hydrogens (tertiary/aromatic N) is 1. The second-order valence-corrected chi connectivity index (χ2v) is 6.11. The Balaban J connectivity index is 0.00000200. The van der Waals surface area contributed by atoms with E-state index >= 15 is 0 Å². The number of halogens is 2. The molecule has 0 saturated carbocycles. The van der Waals surface area contributed by atoms with Crippen LogP contribution < -0.4 is 5.32 Å². The van der Waals surface area contributed by atoms with Gasteiger partial charge < -0.3 is 10.2 Å². The Morgan fingerprint density at radius 2 is 2.05 bits per heavy atom. The number of carbonyl (C=O) groups excluding carboxylic acids is 1. The molecule has 1 saturated heterocycles. The van der Waals surface area contributed by atoms with Crippen molar-refractivity contribution in [1.29, 1.82) is 0 Å². The highest BCUT2D eigenvalue weighted by atomic mass is 79.9. The Morgan fingerprint density at radius 1 is 1.40 bits per heavy atom. The minimum atomic E-state index is 0. The Morgan fingerprint density at radius 3 is 2.60 bits per heavy atom. The molecule has 1 aliphatic heterocycles. The van der Waals surface area contributed by atoms with Crippen LogP contribution in [-0.4, -0.2) is 37.5 Å². The fourth-order valence-corrected chi connectivity index (χ4v) is 2.84. The second kappa shape index (κ2) is 8.01.